The van der Waals surface area contributed by atoms with E-state index in [0.29, 0.717) is 39.3 Å². The molecule has 0 aromatic rings. The molecule has 0 aromatic carbocycles. The van der Waals surface area contributed by atoms with Gasteiger partial charge in [-0.25, -0.2) is 0 Å². The zero-order valence-electron chi connectivity index (χ0n) is 9.62. The van der Waals surface area contributed by atoms with Crippen molar-refractivity contribution in [3.05, 3.63) is 0 Å². The van der Waals surface area contributed by atoms with Gasteiger partial charge in [-0.2, -0.15) is 0 Å². The summed E-state index contributed by atoms with van der Waals surface area (Å²) in [5.74, 6) is 0.0477. The first-order valence-corrected chi connectivity index (χ1v) is 5.51. The van der Waals surface area contributed by atoms with Gasteiger partial charge < -0.3 is 20.3 Å². The normalized spacial score (nSPS) is 15.9. The second-order valence-corrected chi connectivity index (χ2v) is 3.59. The molecule has 2 N–H and O–H groups in total. The summed E-state index contributed by atoms with van der Waals surface area (Å²) in [6.07, 6.45) is 0.428. The molecule has 1 heterocycles. The van der Waals surface area contributed by atoms with Gasteiger partial charge in [0.25, 0.3) is 0 Å². The second-order valence-electron chi connectivity index (χ2n) is 3.59. The summed E-state index contributed by atoms with van der Waals surface area (Å²) in [5.41, 5.74) is 0. The Balaban J connectivity index is 2.07. The van der Waals surface area contributed by atoms with Crippen LogP contribution in [0.4, 0.5) is 0 Å². The van der Waals surface area contributed by atoms with E-state index < -0.39 is 0 Å². The number of morpholine rings is 1. The summed E-state index contributed by atoms with van der Waals surface area (Å²) in [5, 5.41) is 5.42. The SMILES string of the molecule is CNC(=O)CNCCC(=O)N1CCOCC1. The van der Waals surface area contributed by atoms with Crippen molar-refractivity contribution in [2.45, 2.75) is 6.42 Å². The number of ether oxygens (including phenoxy) is 1. The average molecular weight is 229 g/mol. The molecular formula is C10H19N3O3. The highest BCUT2D eigenvalue weighted by Crippen LogP contribution is 1.99. The van der Waals surface area contributed by atoms with Gasteiger partial charge in [0.15, 0.2) is 0 Å². The third-order valence-corrected chi connectivity index (χ3v) is 2.44. The van der Waals surface area contributed by atoms with Crippen molar-refractivity contribution in [1.82, 2.24) is 15.5 Å². The maximum Gasteiger partial charge on any atom is 0.233 e. The number of nitrogens with zero attached hydrogens (tertiary/aromatic N) is 1. The number of hydrogen-bond acceptors (Lipinski definition) is 4. The molecule has 0 saturated carbocycles. The summed E-state index contributed by atoms with van der Waals surface area (Å²) >= 11 is 0. The first kappa shape index (κ1) is 12.9. The number of amides is 2. The van der Waals surface area contributed by atoms with E-state index in [1.165, 1.54) is 0 Å². The topological polar surface area (TPSA) is 70.7 Å². The third-order valence-electron chi connectivity index (χ3n) is 2.44. The van der Waals surface area contributed by atoms with Gasteiger partial charge in [0.2, 0.25) is 11.8 Å². The minimum Gasteiger partial charge on any atom is -0.378 e. The maximum absolute atomic E-state index is 11.6. The van der Waals surface area contributed by atoms with E-state index in [2.05, 4.69) is 10.6 Å². The molecule has 1 fully saturated rings. The lowest BCUT2D eigenvalue weighted by Crippen LogP contribution is -2.42. The lowest BCUT2D eigenvalue weighted by Gasteiger charge is -2.26. The van der Waals surface area contributed by atoms with E-state index in [-0.39, 0.29) is 18.4 Å². The van der Waals surface area contributed by atoms with E-state index in [9.17, 15) is 9.59 Å². The fourth-order valence-corrected chi connectivity index (χ4v) is 1.46. The van der Waals surface area contributed by atoms with Gasteiger partial charge >= 0.3 is 0 Å². The summed E-state index contributed by atoms with van der Waals surface area (Å²) in [7, 11) is 1.59. The van der Waals surface area contributed by atoms with Crippen molar-refractivity contribution in [2.75, 3.05) is 46.4 Å². The Morgan fingerprint density at radius 3 is 2.62 bits per heavy atom. The van der Waals surface area contributed by atoms with Gasteiger partial charge in [0.05, 0.1) is 19.8 Å². The van der Waals surface area contributed by atoms with Gasteiger partial charge in [0.1, 0.15) is 0 Å². The fourth-order valence-electron chi connectivity index (χ4n) is 1.46. The average Bonchev–Trinajstić information content (AvgIpc) is 2.35. The predicted molar refractivity (Wildman–Crippen MR) is 59.0 cm³/mol. The van der Waals surface area contributed by atoms with Crippen LogP contribution in [-0.4, -0.2) is 63.2 Å². The molecule has 16 heavy (non-hydrogen) atoms. The van der Waals surface area contributed by atoms with Crippen LogP contribution >= 0.6 is 0 Å². The van der Waals surface area contributed by atoms with Gasteiger partial charge in [-0.3, -0.25) is 9.59 Å². The van der Waals surface area contributed by atoms with Crippen molar-refractivity contribution in [3.63, 3.8) is 0 Å². The van der Waals surface area contributed by atoms with Crippen molar-refractivity contribution in [2.24, 2.45) is 0 Å². The van der Waals surface area contributed by atoms with Crippen molar-refractivity contribution in [1.29, 1.82) is 0 Å². The molecule has 0 aromatic heterocycles. The molecule has 1 aliphatic heterocycles. The molecule has 0 spiro atoms. The molecule has 0 radical (unpaired) electrons. The molecule has 2 amide bonds. The lowest BCUT2D eigenvalue weighted by atomic mass is 10.3. The molecule has 1 aliphatic rings. The summed E-state index contributed by atoms with van der Waals surface area (Å²) in [6.45, 7) is 3.38. The minimum absolute atomic E-state index is 0.0705. The third kappa shape index (κ3) is 4.59. The highest BCUT2D eigenvalue weighted by molar-refractivity contribution is 5.78. The van der Waals surface area contributed by atoms with Crippen LogP contribution in [0.5, 0.6) is 0 Å². The molecule has 0 aliphatic carbocycles. The van der Waals surface area contributed by atoms with Crippen LogP contribution in [-0.2, 0) is 14.3 Å². The van der Waals surface area contributed by atoms with Crippen molar-refractivity contribution >= 4 is 11.8 Å². The molecule has 1 saturated heterocycles. The van der Waals surface area contributed by atoms with E-state index in [1.807, 2.05) is 0 Å². The minimum atomic E-state index is -0.0705. The Bertz CT molecular complexity index is 239. The molecule has 0 unspecified atom stereocenters. The van der Waals surface area contributed by atoms with Crippen LogP contribution in [0.2, 0.25) is 0 Å². The monoisotopic (exact) mass is 229 g/mol. The number of carbonyl (C=O) groups is 2. The molecule has 92 valence electrons. The van der Waals surface area contributed by atoms with Gasteiger partial charge in [-0.1, -0.05) is 0 Å². The standard InChI is InChI=1S/C10H19N3O3/c1-11-9(14)8-12-3-2-10(15)13-4-6-16-7-5-13/h12H,2-8H2,1H3,(H,11,14). The molecular weight excluding hydrogens is 210 g/mol. The summed E-state index contributed by atoms with van der Waals surface area (Å²) in [6, 6.07) is 0. The highest BCUT2D eigenvalue weighted by atomic mass is 16.5. The summed E-state index contributed by atoms with van der Waals surface area (Å²) < 4.78 is 5.16. The zero-order chi connectivity index (χ0) is 11.8. The van der Waals surface area contributed by atoms with Gasteiger partial charge in [-0.05, 0) is 0 Å². The lowest BCUT2D eigenvalue weighted by molar-refractivity contribution is -0.135. The molecule has 6 nitrogen and oxygen atoms in total. The second kappa shape index (κ2) is 7.19. The summed E-state index contributed by atoms with van der Waals surface area (Å²) in [4.78, 5) is 24.3. The highest BCUT2D eigenvalue weighted by Gasteiger charge is 2.15. The van der Waals surface area contributed by atoms with Gasteiger partial charge in [0, 0.05) is 33.1 Å². The largest absolute Gasteiger partial charge is 0.378 e. The number of hydrogen-bond donors (Lipinski definition) is 2. The van der Waals surface area contributed by atoms with Crippen LogP contribution in [0.3, 0.4) is 0 Å². The van der Waals surface area contributed by atoms with Crippen LogP contribution in [0.1, 0.15) is 6.42 Å². The fraction of sp³-hybridized carbons (Fsp3) is 0.800. The first-order valence-electron chi connectivity index (χ1n) is 5.51. The maximum atomic E-state index is 11.6. The van der Waals surface area contributed by atoms with Crippen molar-refractivity contribution in [3.8, 4) is 0 Å². The zero-order valence-corrected chi connectivity index (χ0v) is 9.62. The molecule has 0 bridgehead atoms. The Morgan fingerprint density at radius 2 is 2.00 bits per heavy atom. The van der Waals surface area contributed by atoms with Gasteiger partial charge in [-0.15, -0.1) is 0 Å². The Hall–Kier alpha value is -1.14. The van der Waals surface area contributed by atoms with E-state index in [0.717, 1.165) is 0 Å². The van der Waals surface area contributed by atoms with E-state index in [1.54, 1.807) is 11.9 Å². The number of likely N-dealkylation sites (N-methyl/N-ethyl adjacent to an activating group) is 1. The number of carbonyl (C=O) groups excluding carboxylic acids is 2. The van der Waals surface area contributed by atoms with Crippen LogP contribution < -0.4 is 10.6 Å². The quantitative estimate of drug-likeness (QED) is 0.567. The smallest absolute Gasteiger partial charge is 0.233 e. The predicted octanol–water partition coefficient (Wildman–Crippen LogP) is -1.43. The van der Waals surface area contributed by atoms with Crippen LogP contribution in [0.15, 0.2) is 0 Å². The Kier molecular flexibility index (Phi) is 5.81. The van der Waals surface area contributed by atoms with E-state index in [4.69, 9.17) is 4.74 Å². The number of nitrogens with one attached hydrogen (secondary N) is 2. The molecule has 1 rings (SSSR count). The first-order chi connectivity index (χ1) is 7.74. The molecule has 0 atom stereocenters. The van der Waals surface area contributed by atoms with Crippen LogP contribution in [0.25, 0.3) is 0 Å². The number of rotatable bonds is 5. The van der Waals surface area contributed by atoms with E-state index >= 15 is 0 Å². The molecule has 6 heteroatoms. The van der Waals surface area contributed by atoms with Crippen molar-refractivity contribution < 1.29 is 14.3 Å². The Morgan fingerprint density at radius 1 is 1.31 bits per heavy atom. The Labute approximate surface area is 95.3 Å². The van der Waals surface area contributed by atoms with Crippen LogP contribution in [0, 0.1) is 0 Å².